The molecule has 0 bridgehead atoms. The molecule has 14 heteroatoms. The Bertz CT molecular complexity index is 1330. The van der Waals surface area contributed by atoms with Gasteiger partial charge in [-0.3, -0.25) is 9.48 Å². The minimum Gasteiger partial charge on any atom is -0.438 e. The lowest BCUT2D eigenvalue weighted by molar-refractivity contribution is -0.149. The van der Waals surface area contributed by atoms with Crippen LogP contribution in [0.2, 0.25) is 0 Å². The van der Waals surface area contributed by atoms with E-state index in [1.807, 2.05) is 5.32 Å². The van der Waals surface area contributed by atoms with Gasteiger partial charge >= 0.3 is 12.2 Å². The molecule has 1 aromatic carbocycles. The van der Waals surface area contributed by atoms with Crippen molar-refractivity contribution in [1.82, 2.24) is 30.3 Å². The molecule has 1 saturated carbocycles. The molecule has 5 rings (SSSR count). The molecule has 3 aromatic rings. The monoisotopic (exact) mass is 526 g/mol. The molecule has 37 heavy (non-hydrogen) atoms. The van der Waals surface area contributed by atoms with E-state index in [-0.39, 0.29) is 18.1 Å². The second-order valence-electron chi connectivity index (χ2n) is 9.29. The van der Waals surface area contributed by atoms with Crippen molar-refractivity contribution in [3.63, 3.8) is 0 Å². The van der Waals surface area contributed by atoms with Crippen LogP contribution in [0.4, 0.5) is 26.7 Å². The van der Waals surface area contributed by atoms with Gasteiger partial charge in [0.1, 0.15) is 23.3 Å². The van der Waals surface area contributed by atoms with Crippen molar-refractivity contribution in [2.75, 3.05) is 6.54 Å². The van der Waals surface area contributed by atoms with Crippen LogP contribution in [0, 0.1) is 5.92 Å². The maximum absolute atomic E-state index is 13.7. The van der Waals surface area contributed by atoms with Gasteiger partial charge in [-0.05, 0) is 36.6 Å². The molecule has 0 radical (unpaired) electrons. The molecule has 9 nitrogen and oxygen atoms in total. The number of amides is 3. The van der Waals surface area contributed by atoms with Gasteiger partial charge in [0.25, 0.3) is 5.91 Å². The molecule has 2 unspecified atom stereocenters. The second-order valence-corrected chi connectivity index (χ2v) is 9.29. The number of rotatable bonds is 7. The third-order valence-corrected chi connectivity index (χ3v) is 6.62. The average molecular weight is 526 g/mol. The lowest BCUT2D eigenvalue weighted by Gasteiger charge is -2.38. The fourth-order valence-corrected chi connectivity index (χ4v) is 4.67. The van der Waals surface area contributed by atoms with Gasteiger partial charge in [-0.1, -0.05) is 6.07 Å². The van der Waals surface area contributed by atoms with Crippen LogP contribution in [0.3, 0.4) is 0 Å². The highest BCUT2D eigenvalue weighted by atomic mass is 19.4. The summed E-state index contributed by atoms with van der Waals surface area (Å²) >= 11 is 0. The summed E-state index contributed by atoms with van der Waals surface area (Å²) < 4.78 is 73.5. The summed E-state index contributed by atoms with van der Waals surface area (Å²) in [6.07, 6.45) is -3.98. The van der Waals surface area contributed by atoms with Crippen molar-refractivity contribution in [1.29, 1.82) is 0 Å². The highest BCUT2D eigenvalue weighted by Gasteiger charge is 2.51. The first-order valence-electron chi connectivity index (χ1n) is 11.7. The summed E-state index contributed by atoms with van der Waals surface area (Å²) in [5.41, 5.74) is 1.40. The molecule has 2 N–H and O–H groups in total. The van der Waals surface area contributed by atoms with Crippen LogP contribution in [0.15, 0.2) is 34.9 Å². The first-order chi connectivity index (χ1) is 17.4. The van der Waals surface area contributed by atoms with Crippen molar-refractivity contribution < 1.29 is 36.0 Å². The van der Waals surface area contributed by atoms with Gasteiger partial charge in [0.15, 0.2) is 5.58 Å². The van der Waals surface area contributed by atoms with Gasteiger partial charge in [0.05, 0.1) is 6.54 Å². The third-order valence-electron chi connectivity index (χ3n) is 6.62. The molecule has 2 fully saturated rings. The van der Waals surface area contributed by atoms with E-state index in [4.69, 9.17) is 4.42 Å². The normalized spacial score (nSPS) is 20.6. The number of hydrogen-bond acceptors (Lipinski definition) is 5. The summed E-state index contributed by atoms with van der Waals surface area (Å²) in [5, 5.41) is 8.71. The second kappa shape index (κ2) is 8.99. The number of halogens is 5. The summed E-state index contributed by atoms with van der Waals surface area (Å²) in [5.74, 6) is -3.93. The molecular weight excluding hydrogens is 503 g/mol. The van der Waals surface area contributed by atoms with Gasteiger partial charge in [-0.15, -0.1) is 0 Å². The fourth-order valence-electron chi connectivity index (χ4n) is 4.67. The minimum absolute atomic E-state index is 0.0413. The molecule has 2 aromatic heterocycles. The number of aromatic nitrogens is 3. The standard InChI is InChI=1S/C23H23F5N6O3/c1-2-34-15(5-6-29-34)19(35)32-18(13-8-22(24,25)9-13)20-30-14-7-12(3-4-16(14)37-20)10-33-11-17(23(26,27)28)31-21(33)36/h3-7,13,17-18H,2,8-11H2,1H3,(H,31,36)(H,32,35). The largest absolute Gasteiger partial charge is 0.438 e. The van der Waals surface area contributed by atoms with E-state index in [1.165, 1.54) is 23.0 Å². The Hall–Kier alpha value is -3.71. The maximum atomic E-state index is 13.7. The topological polar surface area (TPSA) is 105 Å². The summed E-state index contributed by atoms with van der Waals surface area (Å²) in [6.45, 7) is 1.63. The molecule has 1 aliphatic carbocycles. The number of carbonyl (C=O) groups excluding carboxylic acids is 2. The Morgan fingerprint density at radius 2 is 2.05 bits per heavy atom. The van der Waals surface area contributed by atoms with Crippen molar-refractivity contribution in [2.24, 2.45) is 5.92 Å². The lowest BCUT2D eigenvalue weighted by atomic mass is 9.76. The smallest absolute Gasteiger partial charge is 0.410 e. The van der Waals surface area contributed by atoms with Gasteiger partial charge in [-0.2, -0.15) is 18.3 Å². The molecular formula is C23H23F5N6O3. The highest BCUT2D eigenvalue weighted by Crippen LogP contribution is 2.48. The number of oxazole rings is 1. The molecule has 1 saturated heterocycles. The number of nitrogens with zero attached hydrogens (tertiary/aromatic N) is 4. The fraction of sp³-hybridized carbons (Fsp3) is 0.478. The summed E-state index contributed by atoms with van der Waals surface area (Å²) in [4.78, 5) is 30.3. The molecule has 3 amide bonds. The van der Waals surface area contributed by atoms with Crippen LogP contribution >= 0.6 is 0 Å². The minimum atomic E-state index is -4.55. The van der Waals surface area contributed by atoms with E-state index in [0.717, 1.165) is 4.90 Å². The van der Waals surface area contributed by atoms with E-state index in [2.05, 4.69) is 15.4 Å². The van der Waals surface area contributed by atoms with Gasteiger partial charge in [0.2, 0.25) is 11.8 Å². The Morgan fingerprint density at radius 3 is 2.70 bits per heavy atom. The zero-order chi connectivity index (χ0) is 26.5. The van der Waals surface area contributed by atoms with Crippen LogP contribution in [0.25, 0.3) is 11.1 Å². The maximum Gasteiger partial charge on any atom is 0.410 e. The molecule has 198 valence electrons. The number of benzene rings is 1. The van der Waals surface area contributed by atoms with Crippen molar-refractivity contribution in [3.05, 3.63) is 47.6 Å². The number of fused-ring (bicyclic) bond motifs is 1. The van der Waals surface area contributed by atoms with E-state index in [9.17, 15) is 31.5 Å². The highest BCUT2D eigenvalue weighted by molar-refractivity contribution is 5.92. The molecule has 2 aliphatic rings. The summed E-state index contributed by atoms with van der Waals surface area (Å²) in [6, 6.07) is 2.48. The van der Waals surface area contributed by atoms with E-state index < -0.39 is 61.4 Å². The Balaban J connectivity index is 1.37. The Labute approximate surface area is 207 Å². The number of nitrogens with one attached hydrogen (secondary N) is 2. The molecule has 3 heterocycles. The van der Waals surface area contributed by atoms with Crippen molar-refractivity contribution in [2.45, 2.75) is 57.0 Å². The number of carbonyl (C=O) groups is 2. The van der Waals surface area contributed by atoms with E-state index in [1.54, 1.807) is 19.1 Å². The zero-order valence-electron chi connectivity index (χ0n) is 19.6. The van der Waals surface area contributed by atoms with Crippen molar-refractivity contribution in [3.8, 4) is 0 Å². The van der Waals surface area contributed by atoms with E-state index >= 15 is 0 Å². The van der Waals surface area contributed by atoms with Crippen LogP contribution < -0.4 is 10.6 Å². The number of aryl methyl sites for hydroxylation is 1. The van der Waals surface area contributed by atoms with Gasteiger partial charge in [-0.25, -0.2) is 18.6 Å². The predicted molar refractivity (Wildman–Crippen MR) is 119 cm³/mol. The lowest BCUT2D eigenvalue weighted by Crippen LogP contribution is -2.45. The predicted octanol–water partition coefficient (Wildman–Crippen LogP) is 4.02. The molecule has 2 atom stereocenters. The Kier molecular flexibility index (Phi) is 6.07. The number of urea groups is 1. The third kappa shape index (κ3) is 4.96. The van der Waals surface area contributed by atoms with Gasteiger partial charge < -0.3 is 20.0 Å². The van der Waals surface area contributed by atoms with Crippen LogP contribution in [0.5, 0.6) is 0 Å². The van der Waals surface area contributed by atoms with E-state index in [0.29, 0.717) is 23.2 Å². The van der Waals surface area contributed by atoms with Crippen LogP contribution in [-0.2, 0) is 13.1 Å². The molecule has 0 spiro atoms. The average Bonchev–Trinajstić information content (AvgIpc) is 3.53. The number of hydrogen-bond donors (Lipinski definition) is 2. The quantitative estimate of drug-likeness (QED) is 0.453. The van der Waals surface area contributed by atoms with Crippen LogP contribution in [-0.4, -0.2) is 56.3 Å². The zero-order valence-corrected chi connectivity index (χ0v) is 19.6. The Morgan fingerprint density at radius 1 is 1.30 bits per heavy atom. The number of alkyl halides is 5. The first-order valence-corrected chi connectivity index (χ1v) is 11.7. The molecule has 1 aliphatic heterocycles. The first kappa shape index (κ1) is 25.0. The summed E-state index contributed by atoms with van der Waals surface area (Å²) in [7, 11) is 0. The SMILES string of the molecule is CCn1nccc1C(=O)NC(c1nc2cc(CN3CC(C(F)(F)F)NC3=O)ccc2o1)C1CC(F)(F)C1. The van der Waals surface area contributed by atoms with Crippen LogP contribution in [0.1, 0.15) is 47.7 Å². The van der Waals surface area contributed by atoms with Crippen molar-refractivity contribution >= 4 is 23.0 Å². The van der Waals surface area contributed by atoms with Gasteiger partial charge in [0, 0.05) is 32.1 Å².